The first-order valence-electron chi connectivity index (χ1n) is 3.15. The Balaban J connectivity index is 2.96. The average molecular weight is 176 g/mol. The highest BCUT2D eigenvalue weighted by Crippen LogP contribution is 2.17. The topological polar surface area (TPSA) is 33.1 Å². The lowest BCUT2D eigenvalue weighted by Crippen LogP contribution is -1.95. The lowest BCUT2D eigenvalue weighted by Gasteiger charge is -2.00. The van der Waals surface area contributed by atoms with Gasteiger partial charge in [-0.2, -0.15) is 4.39 Å². The van der Waals surface area contributed by atoms with Crippen LogP contribution in [0.2, 0.25) is 5.02 Å². The van der Waals surface area contributed by atoms with Gasteiger partial charge in [0.25, 0.3) is 0 Å². The molecule has 11 heavy (non-hydrogen) atoms. The Labute approximate surface area is 68.6 Å². The molecule has 0 saturated heterocycles. The SMILES string of the molecule is OCCc1ccnc(F)c1Cl. The van der Waals surface area contributed by atoms with Gasteiger partial charge in [-0.05, 0) is 18.1 Å². The van der Waals surface area contributed by atoms with Crippen LogP contribution in [0.15, 0.2) is 12.3 Å². The van der Waals surface area contributed by atoms with E-state index in [-0.39, 0.29) is 11.6 Å². The van der Waals surface area contributed by atoms with Gasteiger partial charge in [0.15, 0.2) is 0 Å². The summed E-state index contributed by atoms with van der Waals surface area (Å²) in [4.78, 5) is 3.34. The molecule has 1 aromatic heterocycles. The normalized spacial score (nSPS) is 10.1. The zero-order chi connectivity index (χ0) is 8.27. The first kappa shape index (κ1) is 8.43. The minimum absolute atomic E-state index is 0.00144. The number of aliphatic hydroxyl groups excluding tert-OH is 1. The molecule has 1 rings (SSSR count). The summed E-state index contributed by atoms with van der Waals surface area (Å²) in [5.41, 5.74) is 0.585. The number of hydrogen-bond donors (Lipinski definition) is 1. The van der Waals surface area contributed by atoms with Gasteiger partial charge in [-0.25, -0.2) is 4.98 Å². The van der Waals surface area contributed by atoms with E-state index in [2.05, 4.69) is 4.98 Å². The van der Waals surface area contributed by atoms with Crippen molar-refractivity contribution in [2.45, 2.75) is 6.42 Å². The molecule has 2 nitrogen and oxygen atoms in total. The molecule has 4 heteroatoms. The van der Waals surface area contributed by atoms with Crippen LogP contribution in [0.3, 0.4) is 0 Å². The number of halogens is 2. The van der Waals surface area contributed by atoms with Crippen molar-refractivity contribution in [3.63, 3.8) is 0 Å². The molecular formula is C7H7ClFNO. The molecule has 0 aliphatic rings. The molecule has 0 fully saturated rings. The van der Waals surface area contributed by atoms with E-state index in [1.54, 1.807) is 6.07 Å². The van der Waals surface area contributed by atoms with Crippen LogP contribution in [0.4, 0.5) is 4.39 Å². The molecular weight excluding hydrogens is 169 g/mol. The predicted molar refractivity (Wildman–Crippen MR) is 40.0 cm³/mol. The second-order valence-electron chi connectivity index (χ2n) is 2.05. The Morgan fingerprint density at radius 3 is 3.00 bits per heavy atom. The van der Waals surface area contributed by atoms with Gasteiger partial charge in [0.05, 0.1) is 5.02 Å². The molecule has 1 N–H and O–H groups in total. The summed E-state index contributed by atoms with van der Waals surface area (Å²) < 4.78 is 12.6. The van der Waals surface area contributed by atoms with Gasteiger partial charge in [-0.15, -0.1) is 0 Å². The van der Waals surface area contributed by atoms with Crippen LogP contribution in [0.5, 0.6) is 0 Å². The summed E-state index contributed by atoms with van der Waals surface area (Å²) in [6, 6.07) is 1.58. The molecule has 1 heterocycles. The largest absolute Gasteiger partial charge is 0.396 e. The molecule has 0 aliphatic heterocycles. The van der Waals surface area contributed by atoms with E-state index in [4.69, 9.17) is 16.7 Å². The van der Waals surface area contributed by atoms with Crippen molar-refractivity contribution in [1.82, 2.24) is 4.98 Å². The Hall–Kier alpha value is -0.670. The Morgan fingerprint density at radius 1 is 1.64 bits per heavy atom. The third kappa shape index (κ3) is 1.88. The minimum Gasteiger partial charge on any atom is -0.396 e. The molecule has 0 atom stereocenters. The first-order valence-corrected chi connectivity index (χ1v) is 3.53. The number of aromatic nitrogens is 1. The van der Waals surface area contributed by atoms with Gasteiger partial charge in [0, 0.05) is 12.8 Å². The fourth-order valence-corrected chi connectivity index (χ4v) is 0.975. The summed E-state index contributed by atoms with van der Waals surface area (Å²) in [5.74, 6) is -0.683. The quantitative estimate of drug-likeness (QED) is 0.690. The third-order valence-electron chi connectivity index (χ3n) is 1.31. The van der Waals surface area contributed by atoms with Gasteiger partial charge in [-0.3, -0.25) is 0 Å². The highest BCUT2D eigenvalue weighted by Gasteiger charge is 2.04. The van der Waals surface area contributed by atoms with Crippen LogP contribution >= 0.6 is 11.6 Å². The fourth-order valence-electron chi connectivity index (χ4n) is 0.769. The zero-order valence-corrected chi connectivity index (χ0v) is 6.48. The molecule has 0 unspecified atom stereocenters. The first-order chi connectivity index (χ1) is 5.25. The van der Waals surface area contributed by atoms with E-state index in [1.807, 2.05) is 0 Å². The summed E-state index contributed by atoms with van der Waals surface area (Å²) in [5, 5.41) is 8.53. The summed E-state index contributed by atoms with van der Waals surface area (Å²) >= 11 is 5.52. The van der Waals surface area contributed by atoms with Crippen molar-refractivity contribution >= 4 is 11.6 Å². The van der Waals surface area contributed by atoms with Crippen molar-refractivity contribution in [3.8, 4) is 0 Å². The number of rotatable bonds is 2. The molecule has 0 saturated carbocycles. The molecule has 0 amide bonds. The van der Waals surface area contributed by atoms with E-state index in [9.17, 15) is 4.39 Å². The monoisotopic (exact) mass is 175 g/mol. The second-order valence-corrected chi connectivity index (χ2v) is 2.43. The Kier molecular flexibility index (Phi) is 2.79. The fraction of sp³-hybridized carbons (Fsp3) is 0.286. The lowest BCUT2D eigenvalue weighted by atomic mass is 10.2. The van der Waals surface area contributed by atoms with Gasteiger partial charge >= 0.3 is 0 Å². The molecule has 0 aliphatic carbocycles. The molecule has 0 spiro atoms. The predicted octanol–water partition coefficient (Wildman–Crippen LogP) is 1.41. The van der Waals surface area contributed by atoms with Crippen molar-refractivity contribution in [1.29, 1.82) is 0 Å². The van der Waals surface area contributed by atoms with E-state index in [0.29, 0.717) is 12.0 Å². The molecule has 60 valence electrons. The molecule has 0 radical (unpaired) electrons. The van der Waals surface area contributed by atoms with Crippen molar-refractivity contribution < 1.29 is 9.50 Å². The maximum Gasteiger partial charge on any atom is 0.231 e. The smallest absolute Gasteiger partial charge is 0.231 e. The minimum atomic E-state index is -0.683. The van der Waals surface area contributed by atoms with E-state index in [0.717, 1.165) is 0 Å². The van der Waals surface area contributed by atoms with Gasteiger partial charge in [0.1, 0.15) is 0 Å². The summed E-state index contributed by atoms with van der Waals surface area (Å²) in [7, 11) is 0. The number of nitrogens with zero attached hydrogens (tertiary/aromatic N) is 1. The second kappa shape index (κ2) is 3.64. The molecule has 0 aromatic carbocycles. The van der Waals surface area contributed by atoms with E-state index >= 15 is 0 Å². The molecule has 1 aromatic rings. The van der Waals surface area contributed by atoms with Crippen LogP contribution in [-0.2, 0) is 6.42 Å². The van der Waals surface area contributed by atoms with Gasteiger partial charge < -0.3 is 5.11 Å². The standard InChI is InChI=1S/C7H7ClFNO/c8-6-5(2-4-11)1-3-10-7(6)9/h1,3,11H,2,4H2. The van der Waals surface area contributed by atoms with Crippen molar-refractivity contribution in [3.05, 3.63) is 28.8 Å². The number of pyridine rings is 1. The van der Waals surface area contributed by atoms with Crippen LogP contribution < -0.4 is 0 Å². The summed E-state index contributed by atoms with van der Waals surface area (Å²) in [6.07, 6.45) is 1.68. The molecule has 0 bridgehead atoms. The number of hydrogen-bond acceptors (Lipinski definition) is 2. The number of aliphatic hydroxyl groups is 1. The van der Waals surface area contributed by atoms with E-state index < -0.39 is 5.95 Å². The van der Waals surface area contributed by atoms with Crippen LogP contribution in [0.1, 0.15) is 5.56 Å². The highest BCUT2D eigenvalue weighted by molar-refractivity contribution is 6.31. The van der Waals surface area contributed by atoms with Crippen LogP contribution in [0, 0.1) is 5.95 Å². The van der Waals surface area contributed by atoms with E-state index in [1.165, 1.54) is 6.20 Å². The lowest BCUT2D eigenvalue weighted by molar-refractivity contribution is 0.299. The van der Waals surface area contributed by atoms with Crippen molar-refractivity contribution in [2.75, 3.05) is 6.61 Å². The maximum atomic E-state index is 12.6. The Bertz CT molecular complexity index is 254. The Morgan fingerprint density at radius 2 is 2.36 bits per heavy atom. The maximum absolute atomic E-state index is 12.6. The average Bonchev–Trinajstić information content (AvgIpc) is 1.99. The van der Waals surface area contributed by atoms with Gasteiger partial charge in [-0.1, -0.05) is 11.6 Å². The zero-order valence-electron chi connectivity index (χ0n) is 5.72. The van der Waals surface area contributed by atoms with Gasteiger partial charge in [0.2, 0.25) is 5.95 Å². The third-order valence-corrected chi connectivity index (χ3v) is 1.71. The highest BCUT2D eigenvalue weighted by atomic mass is 35.5. The van der Waals surface area contributed by atoms with Crippen LogP contribution in [-0.4, -0.2) is 16.7 Å². The van der Waals surface area contributed by atoms with Crippen LogP contribution in [0.25, 0.3) is 0 Å². The van der Waals surface area contributed by atoms with Crippen molar-refractivity contribution in [2.24, 2.45) is 0 Å². The summed E-state index contributed by atoms with van der Waals surface area (Å²) in [6.45, 7) is -0.0385.